The van der Waals surface area contributed by atoms with Crippen LogP contribution in [0, 0.1) is 11.8 Å². The van der Waals surface area contributed by atoms with Gasteiger partial charge < -0.3 is 0 Å². The summed E-state index contributed by atoms with van der Waals surface area (Å²) in [5, 5.41) is 0. The molecule has 0 saturated heterocycles. The SMILES string of the molecule is CCCC1CCC(c2ccc(CCCCCCC(=O)CCCCCCc3ccc(C4CCC(CCC)CC4)cc3)cc2)CC1. The van der Waals surface area contributed by atoms with Gasteiger partial charge in [-0.1, -0.05) is 114 Å². The van der Waals surface area contributed by atoms with Gasteiger partial charge in [0, 0.05) is 12.8 Å². The zero-order chi connectivity index (χ0) is 30.8. The first-order valence-corrected chi connectivity index (χ1v) is 19.3. The van der Waals surface area contributed by atoms with Crippen LogP contribution in [0.2, 0.25) is 0 Å². The lowest BCUT2D eigenvalue weighted by Crippen LogP contribution is -2.13. The Labute approximate surface area is 272 Å². The van der Waals surface area contributed by atoms with Crippen LogP contribution >= 0.6 is 0 Å². The number of ketones is 1. The molecular weight excluding hydrogens is 532 g/mol. The van der Waals surface area contributed by atoms with Crippen molar-refractivity contribution in [3.05, 3.63) is 70.8 Å². The topological polar surface area (TPSA) is 17.1 Å². The Morgan fingerprint density at radius 3 is 1.23 bits per heavy atom. The van der Waals surface area contributed by atoms with Gasteiger partial charge in [-0.25, -0.2) is 0 Å². The largest absolute Gasteiger partial charge is 0.300 e. The van der Waals surface area contributed by atoms with E-state index in [4.69, 9.17) is 0 Å². The molecule has 244 valence electrons. The van der Waals surface area contributed by atoms with Crippen LogP contribution in [-0.4, -0.2) is 5.78 Å². The highest BCUT2D eigenvalue weighted by atomic mass is 16.1. The number of rotatable bonds is 20. The summed E-state index contributed by atoms with van der Waals surface area (Å²) in [5.74, 6) is 4.05. The molecule has 2 aromatic carbocycles. The van der Waals surface area contributed by atoms with Crippen LogP contribution in [0.5, 0.6) is 0 Å². The molecule has 1 heteroatoms. The number of carbonyl (C=O) groups excluding carboxylic acids is 1. The lowest BCUT2D eigenvalue weighted by atomic mass is 9.77. The highest BCUT2D eigenvalue weighted by Gasteiger charge is 2.22. The summed E-state index contributed by atoms with van der Waals surface area (Å²) >= 11 is 0. The second kappa shape index (κ2) is 20.3. The molecule has 0 radical (unpaired) electrons. The maximum atomic E-state index is 12.4. The molecule has 0 atom stereocenters. The van der Waals surface area contributed by atoms with Crippen molar-refractivity contribution in [3.8, 4) is 0 Å². The fraction of sp³-hybridized carbons (Fsp3) is 0.698. The Morgan fingerprint density at radius 1 is 0.500 bits per heavy atom. The molecule has 0 bridgehead atoms. The minimum absolute atomic E-state index is 0.489. The zero-order valence-electron chi connectivity index (χ0n) is 28.8. The van der Waals surface area contributed by atoms with Gasteiger partial charge in [0.2, 0.25) is 0 Å². The molecule has 0 unspecified atom stereocenters. The first kappa shape index (κ1) is 35.0. The van der Waals surface area contributed by atoms with Crippen LogP contribution in [0.4, 0.5) is 0 Å². The van der Waals surface area contributed by atoms with Crippen LogP contribution in [-0.2, 0) is 17.6 Å². The van der Waals surface area contributed by atoms with Crippen molar-refractivity contribution in [2.45, 2.75) is 180 Å². The van der Waals surface area contributed by atoms with E-state index < -0.39 is 0 Å². The van der Waals surface area contributed by atoms with Crippen LogP contribution in [0.15, 0.2) is 48.5 Å². The average Bonchev–Trinajstić information content (AvgIpc) is 3.06. The number of unbranched alkanes of at least 4 members (excludes halogenated alkanes) is 6. The molecule has 2 aliphatic rings. The zero-order valence-corrected chi connectivity index (χ0v) is 28.8. The minimum atomic E-state index is 0.489. The lowest BCUT2D eigenvalue weighted by molar-refractivity contribution is -0.119. The molecule has 44 heavy (non-hydrogen) atoms. The van der Waals surface area contributed by atoms with Crippen molar-refractivity contribution < 1.29 is 4.79 Å². The van der Waals surface area contributed by atoms with Crippen LogP contribution in [0.3, 0.4) is 0 Å². The van der Waals surface area contributed by atoms with E-state index in [1.165, 1.54) is 140 Å². The molecule has 4 rings (SSSR count). The first-order chi connectivity index (χ1) is 21.6. The van der Waals surface area contributed by atoms with E-state index in [1.54, 1.807) is 11.1 Å². The normalized spacial score (nSPS) is 22.2. The maximum absolute atomic E-state index is 12.4. The third kappa shape index (κ3) is 12.5. The van der Waals surface area contributed by atoms with Gasteiger partial charge in [0.05, 0.1) is 0 Å². The van der Waals surface area contributed by atoms with E-state index in [2.05, 4.69) is 62.4 Å². The highest BCUT2D eigenvalue weighted by Crippen LogP contribution is 2.38. The monoisotopic (exact) mass is 599 g/mol. The van der Waals surface area contributed by atoms with Crippen LogP contribution in [0.25, 0.3) is 0 Å². The van der Waals surface area contributed by atoms with Gasteiger partial charge in [-0.3, -0.25) is 4.79 Å². The van der Waals surface area contributed by atoms with Gasteiger partial charge in [-0.05, 0) is 136 Å². The van der Waals surface area contributed by atoms with Crippen molar-refractivity contribution in [2.24, 2.45) is 11.8 Å². The van der Waals surface area contributed by atoms with E-state index >= 15 is 0 Å². The quantitative estimate of drug-likeness (QED) is 0.139. The minimum Gasteiger partial charge on any atom is -0.300 e. The van der Waals surface area contributed by atoms with Crippen molar-refractivity contribution in [1.82, 2.24) is 0 Å². The molecule has 0 amide bonds. The van der Waals surface area contributed by atoms with Gasteiger partial charge in [0.1, 0.15) is 5.78 Å². The van der Waals surface area contributed by atoms with Crippen molar-refractivity contribution >= 4 is 5.78 Å². The Balaban J connectivity index is 0.960. The molecule has 0 aliphatic heterocycles. The Kier molecular flexibility index (Phi) is 16.1. The standard InChI is InChI=1S/C43H66O/c1-3-13-35-19-27-39(28-20-35)41-31-23-37(24-32-41)15-9-5-7-11-17-43(44)18-12-8-6-10-16-38-25-33-42(34-26-38)40-29-21-36(14-4-2)22-30-40/h23-26,31-36,39-40H,3-22,27-30H2,1-2H3. The average molecular weight is 599 g/mol. The fourth-order valence-corrected chi connectivity index (χ4v) is 8.43. The summed E-state index contributed by atoms with van der Waals surface area (Å²) in [4.78, 5) is 12.4. The molecule has 2 saturated carbocycles. The van der Waals surface area contributed by atoms with Crippen molar-refractivity contribution in [2.75, 3.05) is 0 Å². The third-order valence-electron chi connectivity index (χ3n) is 11.3. The van der Waals surface area contributed by atoms with E-state index in [9.17, 15) is 4.79 Å². The predicted molar refractivity (Wildman–Crippen MR) is 191 cm³/mol. The molecule has 0 N–H and O–H groups in total. The van der Waals surface area contributed by atoms with Gasteiger partial charge in [0.15, 0.2) is 0 Å². The second-order valence-electron chi connectivity index (χ2n) is 14.9. The van der Waals surface area contributed by atoms with Crippen LogP contribution in [0.1, 0.15) is 189 Å². The summed E-state index contributed by atoms with van der Waals surface area (Å²) in [6.45, 7) is 4.65. The van der Waals surface area contributed by atoms with Crippen LogP contribution < -0.4 is 0 Å². The number of Topliss-reactive ketones (excluding diaryl/α,β-unsaturated/α-hetero) is 1. The van der Waals surface area contributed by atoms with Gasteiger partial charge in [-0.2, -0.15) is 0 Å². The first-order valence-electron chi connectivity index (χ1n) is 19.3. The van der Waals surface area contributed by atoms with E-state index in [-0.39, 0.29) is 0 Å². The fourth-order valence-electron chi connectivity index (χ4n) is 8.43. The van der Waals surface area contributed by atoms with Gasteiger partial charge >= 0.3 is 0 Å². The van der Waals surface area contributed by atoms with Gasteiger partial charge in [0.25, 0.3) is 0 Å². The summed E-state index contributed by atoms with van der Waals surface area (Å²) < 4.78 is 0. The Morgan fingerprint density at radius 2 is 0.864 bits per heavy atom. The number of aryl methyl sites for hydroxylation is 2. The van der Waals surface area contributed by atoms with Gasteiger partial charge in [-0.15, -0.1) is 0 Å². The molecule has 1 nitrogen and oxygen atoms in total. The molecule has 0 heterocycles. The Hall–Kier alpha value is -1.89. The Bertz CT molecular complexity index is 934. The molecule has 2 fully saturated rings. The summed E-state index contributed by atoms with van der Waals surface area (Å²) in [6, 6.07) is 19.2. The summed E-state index contributed by atoms with van der Waals surface area (Å²) in [6.07, 6.45) is 30.3. The molecule has 2 aromatic rings. The third-order valence-corrected chi connectivity index (χ3v) is 11.3. The summed E-state index contributed by atoms with van der Waals surface area (Å²) in [5.41, 5.74) is 6.12. The summed E-state index contributed by atoms with van der Waals surface area (Å²) in [7, 11) is 0. The molecule has 0 aromatic heterocycles. The number of hydrogen-bond acceptors (Lipinski definition) is 1. The van der Waals surface area contributed by atoms with E-state index in [1.807, 2.05) is 0 Å². The second-order valence-corrected chi connectivity index (χ2v) is 14.9. The molecular formula is C43H66O. The molecule has 0 spiro atoms. The van der Waals surface area contributed by atoms with E-state index in [0.29, 0.717) is 5.78 Å². The van der Waals surface area contributed by atoms with Crippen molar-refractivity contribution in [3.63, 3.8) is 0 Å². The predicted octanol–water partition coefficient (Wildman–Crippen LogP) is 13.1. The smallest absolute Gasteiger partial charge is 0.132 e. The maximum Gasteiger partial charge on any atom is 0.132 e. The molecule has 2 aliphatic carbocycles. The van der Waals surface area contributed by atoms with Crippen molar-refractivity contribution in [1.29, 1.82) is 0 Å². The van der Waals surface area contributed by atoms with E-state index in [0.717, 1.165) is 49.4 Å². The number of carbonyl (C=O) groups is 1. The number of benzene rings is 2. The number of hydrogen-bond donors (Lipinski definition) is 0. The highest BCUT2D eigenvalue weighted by molar-refractivity contribution is 5.78. The lowest BCUT2D eigenvalue weighted by Gasteiger charge is -2.28.